The third-order valence-corrected chi connectivity index (χ3v) is 7.15. The minimum Gasteiger partial charge on any atom is -0.492 e. The Labute approximate surface area is 248 Å². The number of rotatable bonds is 13. The normalized spacial score (nSPS) is 13.8. The predicted octanol–water partition coefficient (Wildman–Crippen LogP) is 5.39. The van der Waals surface area contributed by atoms with Crippen LogP contribution in [0.4, 0.5) is 0 Å². The number of amides is 1. The second-order valence-corrected chi connectivity index (χ2v) is 10.7. The van der Waals surface area contributed by atoms with Crippen molar-refractivity contribution in [2.24, 2.45) is 0 Å². The van der Waals surface area contributed by atoms with E-state index in [0.717, 1.165) is 37.2 Å². The molecule has 1 fully saturated rings. The van der Waals surface area contributed by atoms with Gasteiger partial charge in [-0.1, -0.05) is 6.07 Å². The summed E-state index contributed by atoms with van der Waals surface area (Å²) < 4.78 is 25.3. The third kappa shape index (κ3) is 7.45. The van der Waals surface area contributed by atoms with Gasteiger partial charge in [0.25, 0.3) is 5.91 Å². The van der Waals surface area contributed by atoms with Crippen molar-refractivity contribution in [3.8, 4) is 22.9 Å². The molecule has 1 amide bonds. The van der Waals surface area contributed by atoms with Crippen LogP contribution in [0.15, 0.2) is 60.9 Å². The van der Waals surface area contributed by atoms with Crippen LogP contribution in [0, 0.1) is 0 Å². The van der Waals surface area contributed by atoms with Crippen LogP contribution in [-0.4, -0.2) is 65.9 Å². The molecule has 1 saturated heterocycles. The van der Waals surface area contributed by atoms with Crippen LogP contribution < -0.4 is 19.5 Å². The number of hydrogen-bond donors (Lipinski definition) is 1. The molecule has 3 aromatic rings. The maximum Gasteiger partial charge on any atom is 0.349 e. The van der Waals surface area contributed by atoms with E-state index in [-0.39, 0.29) is 18.6 Å². The highest BCUT2D eigenvalue weighted by atomic mass is 16.6. The lowest BCUT2D eigenvalue weighted by molar-refractivity contribution is -0.158. The van der Waals surface area contributed by atoms with E-state index in [1.807, 2.05) is 60.0 Å². The zero-order valence-corrected chi connectivity index (χ0v) is 25.4. The van der Waals surface area contributed by atoms with Crippen molar-refractivity contribution in [2.75, 3.05) is 32.9 Å². The summed E-state index contributed by atoms with van der Waals surface area (Å²) in [6.07, 6.45) is 5.61. The van der Waals surface area contributed by atoms with Gasteiger partial charge in [0, 0.05) is 30.5 Å². The van der Waals surface area contributed by atoms with Gasteiger partial charge in [-0.2, -0.15) is 0 Å². The largest absolute Gasteiger partial charge is 0.492 e. The second kappa shape index (κ2) is 14.3. The first-order valence-electron chi connectivity index (χ1n) is 14.8. The lowest BCUT2D eigenvalue weighted by Crippen LogP contribution is -2.45. The number of nitrogens with zero attached hydrogens (tertiary/aromatic N) is 2. The molecule has 0 unspecified atom stereocenters. The lowest BCUT2D eigenvalue weighted by atomic mass is 10.0. The van der Waals surface area contributed by atoms with Crippen molar-refractivity contribution in [3.63, 3.8) is 0 Å². The number of piperidine rings is 1. The monoisotopic (exact) mass is 577 g/mol. The van der Waals surface area contributed by atoms with E-state index >= 15 is 0 Å². The quantitative estimate of drug-likeness (QED) is 0.273. The van der Waals surface area contributed by atoms with Crippen molar-refractivity contribution < 1.29 is 28.5 Å². The predicted molar refractivity (Wildman–Crippen MR) is 162 cm³/mol. The highest BCUT2D eigenvalue weighted by molar-refractivity contribution is 5.95. The van der Waals surface area contributed by atoms with Crippen LogP contribution in [0.3, 0.4) is 0 Å². The van der Waals surface area contributed by atoms with E-state index in [2.05, 4.69) is 5.32 Å². The van der Waals surface area contributed by atoms with Gasteiger partial charge >= 0.3 is 5.97 Å². The topological polar surface area (TPSA) is 91.3 Å². The minimum atomic E-state index is -1.20. The summed E-state index contributed by atoms with van der Waals surface area (Å²) in [6, 6.07) is 15.0. The van der Waals surface area contributed by atoms with E-state index in [1.54, 1.807) is 45.0 Å². The van der Waals surface area contributed by atoms with Gasteiger partial charge in [-0.3, -0.25) is 4.79 Å². The van der Waals surface area contributed by atoms with Gasteiger partial charge in [-0.15, -0.1) is 0 Å². The Balaban J connectivity index is 1.68. The van der Waals surface area contributed by atoms with Gasteiger partial charge in [0.15, 0.2) is 5.60 Å². The standard InChI is InChI=1S/C33H43N3O6/c1-6-39-28-20-24(21-29(40-7-2)30(28)35-18-9-10-19-35)23-36(26-14-16-34-17-15-26)31(37)25-12-11-13-27(22-25)42-33(4,5)32(38)41-8-3/h9-13,18-22,26,34H,6-8,14-17,23H2,1-5H3. The van der Waals surface area contributed by atoms with Gasteiger partial charge in [-0.25, -0.2) is 4.79 Å². The van der Waals surface area contributed by atoms with E-state index < -0.39 is 11.6 Å². The van der Waals surface area contributed by atoms with Crippen LogP contribution in [0.25, 0.3) is 5.69 Å². The number of ether oxygens (including phenoxy) is 4. The summed E-state index contributed by atoms with van der Waals surface area (Å²) in [5.41, 5.74) is 1.05. The highest BCUT2D eigenvalue weighted by Gasteiger charge is 2.32. The van der Waals surface area contributed by atoms with Crippen LogP contribution in [0.2, 0.25) is 0 Å². The van der Waals surface area contributed by atoms with E-state index in [4.69, 9.17) is 18.9 Å². The summed E-state index contributed by atoms with van der Waals surface area (Å²) in [6.45, 7) is 12.3. The Bertz CT molecular complexity index is 1300. The molecule has 4 rings (SSSR count). The van der Waals surface area contributed by atoms with Gasteiger partial charge in [0.1, 0.15) is 22.9 Å². The Morgan fingerprint density at radius 2 is 1.57 bits per heavy atom. The molecule has 226 valence electrons. The molecule has 0 radical (unpaired) electrons. The first-order valence-corrected chi connectivity index (χ1v) is 14.8. The summed E-state index contributed by atoms with van der Waals surface area (Å²) >= 11 is 0. The average molecular weight is 578 g/mol. The number of esters is 1. The number of carbonyl (C=O) groups excluding carboxylic acids is 2. The number of hydrogen-bond acceptors (Lipinski definition) is 7. The van der Waals surface area contributed by atoms with E-state index in [0.29, 0.717) is 42.6 Å². The van der Waals surface area contributed by atoms with Crippen molar-refractivity contribution in [1.29, 1.82) is 0 Å². The fraction of sp³-hybridized carbons (Fsp3) is 0.455. The number of carbonyl (C=O) groups is 2. The molecule has 1 aliphatic rings. The lowest BCUT2D eigenvalue weighted by Gasteiger charge is -2.35. The molecule has 42 heavy (non-hydrogen) atoms. The number of nitrogens with one attached hydrogen (secondary N) is 1. The fourth-order valence-corrected chi connectivity index (χ4v) is 5.18. The Hall–Kier alpha value is -3.98. The van der Waals surface area contributed by atoms with Crippen molar-refractivity contribution in [1.82, 2.24) is 14.8 Å². The number of benzene rings is 2. The smallest absolute Gasteiger partial charge is 0.349 e. The zero-order chi connectivity index (χ0) is 30.1. The maximum atomic E-state index is 14.2. The minimum absolute atomic E-state index is 0.0505. The van der Waals surface area contributed by atoms with Crippen LogP contribution >= 0.6 is 0 Å². The third-order valence-electron chi connectivity index (χ3n) is 7.15. The Morgan fingerprint density at radius 1 is 0.929 bits per heavy atom. The fourth-order valence-electron chi connectivity index (χ4n) is 5.18. The maximum absolute atomic E-state index is 14.2. The summed E-state index contributed by atoms with van der Waals surface area (Å²) in [4.78, 5) is 28.5. The summed E-state index contributed by atoms with van der Waals surface area (Å²) in [5, 5.41) is 3.40. The molecule has 0 saturated carbocycles. The first kappa shape index (κ1) is 31.0. The Kier molecular flexibility index (Phi) is 10.5. The zero-order valence-electron chi connectivity index (χ0n) is 25.4. The van der Waals surface area contributed by atoms with Crippen molar-refractivity contribution >= 4 is 11.9 Å². The van der Waals surface area contributed by atoms with E-state index in [9.17, 15) is 9.59 Å². The van der Waals surface area contributed by atoms with Crippen LogP contribution in [0.1, 0.15) is 63.4 Å². The highest BCUT2D eigenvalue weighted by Crippen LogP contribution is 2.36. The van der Waals surface area contributed by atoms with Crippen LogP contribution in [0.5, 0.6) is 17.2 Å². The molecule has 0 spiro atoms. The Morgan fingerprint density at radius 3 is 2.17 bits per heavy atom. The SMILES string of the molecule is CCOC(=O)C(C)(C)Oc1cccc(C(=O)N(Cc2cc(OCC)c(-n3cccc3)c(OCC)c2)C2CCNCC2)c1. The number of aromatic nitrogens is 1. The molecular weight excluding hydrogens is 534 g/mol. The van der Waals surface area contributed by atoms with Gasteiger partial charge in [0.05, 0.1) is 19.8 Å². The van der Waals surface area contributed by atoms with E-state index in [1.165, 1.54) is 0 Å². The van der Waals surface area contributed by atoms with Gasteiger partial charge in [0.2, 0.25) is 0 Å². The molecule has 1 aromatic heterocycles. The molecule has 9 heteroatoms. The molecule has 9 nitrogen and oxygen atoms in total. The molecule has 0 aliphatic carbocycles. The van der Waals surface area contributed by atoms with Crippen LogP contribution in [-0.2, 0) is 16.1 Å². The molecule has 1 aliphatic heterocycles. The molecule has 0 bridgehead atoms. The first-order chi connectivity index (χ1) is 20.3. The molecule has 2 heterocycles. The summed E-state index contributed by atoms with van der Waals surface area (Å²) in [5.74, 6) is 1.26. The average Bonchev–Trinajstić information content (AvgIpc) is 3.51. The van der Waals surface area contributed by atoms with Gasteiger partial charge < -0.3 is 33.7 Å². The second-order valence-electron chi connectivity index (χ2n) is 10.7. The molecule has 0 atom stereocenters. The van der Waals surface area contributed by atoms with Gasteiger partial charge in [-0.05, 0) is 109 Å². The molecule has 2 aromatic carbocycles. The van der Waals surface area contributed by atoms with Crippen molar-refractivity contribution in [2.45, 2.75) is 65.6 Å². The van der Waals surface area contributed by atoms with Crippen molar-refractivity contribution in [3.05, 3.63) is 72.1 Å². The summed E-state index contributed by atoms with van der Waals surface area (Å²) in [7, 11) is 0. The molecule has 1 N–H and O–H groups in total. The molecular formula is C33H43N3O6.